The second-order valence-electron chi connectivity index (χ2n) is 5.70. The Bertz CT molecular complexity index is 918. The van der Waals surface area contributed by atoms with Gasteiger partial charge in [-0.05, 0) is 36.8 Å². The molecule has 0 aliphatic heterocycles. The molecule has 0 bridgehead atoms. The van der Waals surface area contributed by atoms with Crippen LogP contribution in [-0.2, 0) is 6.42 Å². The van der Waals surface area contributed by atoms with E-state index in [-0.39, 0.29) is 5.91 Å². The Morgan fingerprint density at radius 2 is 1.77 bits per heavy atom. The topological polar surface area (TPSA) is 76.2 Å². The van der Waals surface area contributed by atoms with Crippen molar-refractivity contribution in [3.8, 4) is 22.8 Å². The summed E-state index contributed by atoms with van der Waals surface area (Å²) in [6.45, 7) is 2.00. The lowest BCUT2D eigenvalue weighted by Gasteiger charge is -2.09. The largest absolute Gasteiger partial charge is 0.497 e. The van der Waals surface area contributed by atoms with Gasteiger partial charge in [0, 0.05) is 11.1 Å². The third-order valence-electron chi connectivity index (χ3n) is 4.11. The number of rotatable bonds is 6. The lowest BCUT2D eigenvalue weighted by atomic mass is 10.1. The molecule has 3 aromatic rings. The second-order valence-corrected chi connectivity index (χ2v) is 5.70. The first kappa shape index (κ1) is 17.5. The first-order valence-electron chi connectivity index (χ1n) is 8.33. The van der Waals surface area contributed by atoms with E-state index in [1.807, 2.05) is 31.2 Å². The van der Waals surface area contributed by atoms with E-state index in [4.69, 9.17) is 9.47 Å². The average molecular weight is 351 g/mol. The summed E-state index contributed by atoms with van der Waals surface area (Å²) >= 11 is 0. The van der Waals surface area contributed by atoms with Crippen molar-refractivity contribution in [1.82, 2.24) is 10.2 Å². The van der Waals surface area contributed by atoms with Gasteiger partial charge < -0.3 is 14.8 Å². The number of aromatic amines is 1. The monoisotopic (exact) mass is 351 g/mol. The fourth-order valence-electron chi connectivity index (χ4n) is 2.70. The van der Waals surface area contributed by atoms with Crippen LogP contribution in [0.1, 0.15) is 23.0 Å². The third-order valence-corrected chi connectivity index (χ3v) is 4.11. The molecule has 0 radical (unpaired) electrons. The number of aromatic nitrogens is 2. The van der Waals surface area contributed by atoms with Gasteiger partial charge in [-0.3, -0.25) is 9.89 Å². The van der Waals surface area contributed by atoms with E-state index < -0.39 is 0 Å². The zero-order valence-corrected chi connectivity index (χ0v) is 15.0. The molecule has 0 spiro atoms. The zero-order valence-electron chi connectivity index (χ0n) is 15.0. The van der Waals surface area contributed by atoms with Gasteiger partial charge in [-0.1, -0.05) is 25.1 Å². The van der Waals surface area contributed by atoms with Crippen LogP contribution in [0.25, 0.3) is 11.3 Å². The van der Waals surface area contributed by atoms with E-state index in [1.165, 1.54) is 0 Å². The average Bonchev–Trinajstić information content (AvgIpc) is 3.10. The Morgan fingerprint density at radius 1 is 1.08 bits per heavy atom. The van der Waals surface area contributed by atoms with Crippen LogP contribution >= 0.6 is 0 Å². The number of methoxy groups -OCH3 is 2. The molecular formula is C20H21N3O3. The van der Waals surface area contributed by atoms with Gasteiger partial charge in [-0.15, -0.1) is 0 Å². The summed E-state index contributed by atoms with van der Waals surface area (Å²) < 4.78 is 10.5. The van der Waals surface area contributed by atoms with Crippen molar-refractivity contribution in [2.24, 2.45) is 0 Å². The van der Waals surface area contributed by atoms with Crippen LogP contribution in [-0.4, -0.2) is 30.3 Å². The predicted molar refractivity (Wildman–Crippen MR) is 101 cm³/mol. The number of amides is 1. The Hall–Kier alpha value is -3.28. The normalized spacial score (nSPS) is 10.4. The number of benzene rings is 2. The van der Waals surface area contributed by atoms with Crippen molar-refractivity contribution in [2.45, 2.75) is 13.3 Å². The number of nitrogens with one attached hydrogen (secondary N) is 2. The number of nitrogens with zero attached hydrogens (tertiary/aromatic N) is 1. The molecule has 6 heteroatoms. The van der Waals surface area contributed by atoms with E-state index >= 15 is 0 Å². The summed E-state index contributed by atoms with van der Waals surface area (Å²) in [6, 6.07) is 14.6. The minimum Gasteiger partial charge on any atom is -0.497 e. The molecule has 1 amide bonds. The Balaban J connectivity index is 1.96. The van der Waals surface area contributed by atoms with Crippen LogP contribution in [0.15, 0.2) is 48.5 Å². The second kappa shape index (κ2) is 7.74. The minimum atomic E-state index is -0.218. The first-order valence-corrected chi connectivity index (χ1v) is 8.33. The molecular weight excluding hydrogens is 330 g/mol. The summed E-state index contributed by atoms with van der Waals surface area (Å²) in [4.78, 5) is 12.7. The maximum absolute atomic E-state index is 12.7. The predicted octanol–water partition coefficient (Wildman–Crippen LogP) is 3.91. The smallest absolute Gasteiger partial charge is 0.255 e. The van der Waals surface area contributed by atoms with E-state index in [2.05, 4.69) is 15.5 Å². The van der Waals surface area contributed by atoms with E-state index in [9.17, 15) is 4.79 Å². The summed E-state index contributed by atoms with van der Waals surface area (Å²) in [5.74, 6) is 1.14. The molecule has 1 aromatic heterocycles. The number of carbonyl (C=O) groups is 1. The molecule has 6 nitrogen and oxygen atoms in total. The lowest BCUT2D eigenvalue weighted by Crippen LogP contribution is -2.13. The number of H-pyrrole nitrogens is 1. The lowest BCUT2D eigenvalue weighted by molar-refractivity contribution is 0.102. The van der Waals surface area contributed by atoms with E-state index in [0.717, 1.165) is 17.0 Å². The molecule has 2 N–H and O–H groups in total. The Kier molecular flexibility index (Phi) is 5.22. The number of carbonyl (C=O) groups excluding carboxylic acids is 1. The molecule has 3 rings (SSSR count). The fourth-order valence-corrected chi connectivity index (χ4v) is 2.70. The van der Waals surface area contributed by atoms with Gasteiger partial charge in [-0.2, -0.15) is 5.10 Å². The quantitative estimate of drug-likeness (QED) is 0.706. The van der Waals surface area contributed by atoms with Crippen LogP contribution in [0.4, 0.5) is 5.69 Å². The molecule has 1 heterocycles. The van der Waals surface area contributed by atoms with E-state index in [0.29, 0.717) is 29.1 Å². The number of hydrogen-bond donors (Lipinski definition) is 2. The van der Waals surface area contributed by atoms with Crippen LogP contribution in [0.3, 0.4) is 0 Å². The molecule has 2 aromatic carbocycles. The molecule has 0 saturated heterocycles. The molecule has 0 unspecified atom stereocenters. The van der Waals surface area contributed by atoms with Crippen molar-refractivity contribution in [1.29, 1.82) is 0 Å². The van der Waals surface area contributed by atoms with Gasteiger partial charge in [0.05, 0.1) is 25.6 Å². The Labute approximate surface area is 152 Å². The first-order chi connectivity index (χ1) is 12.7. The third kappa shape index (κ3) is 3.54. The maximum Gasteiger partial charge on any atom is 0.255 e. The van der Waals surface area contributed by atoms with Gasteiger partial charge in [0.25, 0.3) is 5.91 Å². The van der Waals surface area contributed by atoms with Crippen molar-refractivity contribution in [3.05, 3.63) is 59.8 Å². The molecule has 26 heavy (non-hydrogen) atoms. The van der Waals surface area contributed by atoms with Gasteiger partial charge in [-0.25, -0.2) is 0 Å². The standard InChI is InChI=1S/C20H21N3O3/c1-4-17-19(21-20(24)14-8-6-10-16(12-14)26-3)18(23-22-17)13-7-5-9-15(11-13)25-2/h5-12H,4H2,1-3H3,(H,21,24)(H,22,23). The highest BCUT2D eigenvalue weighted by Crippen LogP contribution is 2.31. The highest BCUT2D eigenvalue weighted by atomic mass is 16.5. The molecule has 0 atom stereocenters. The van der Waals surface area contributed by atoms with Gasteiger partial charge in [0.2, 0.25) is 0 Å². The van der Waals surface area contributed by atoms with Gasteiger partial charge >= 0.3 is 0 Å². The summed E-state index contributed by atoms with van der Waals surface area (Å²) in [6.07, 6.45) is 0.713. The summed E-state index contributed by atoms with van der Waals surface area (Å²) in [5, 5.41) is 10.4. The maximum atomic E-state index is 12.7. The molecule has 134 valence electrons. The zero-order chi connectivity index (χ0) is 18.5. The number of ether oxygens (including phenoxy) is 2. The highest BCUT2D eigenvalue weighted by molar-refractivity contribution is 6.06. The number of anilines is 1. The van der Waals surface area contributed by atoms with Gasteiger partial charge in [0.1, 0.15) is 17.2 Å². The van der Waals surface area contributed by atoms with E-state index in [1.54, 1.807) is 38.5 Å². The van der Waals surface area contributed by atoms with Crippen molar-refractivity contribution < 1.29 is 14.3 Å². The molecule has 0 aliphatic rings. The highest BCUT2D eigenvalue weighted by Gasteiger charge is 2.18. The minimum absolute atomic E-state index is 0.218. The summed E-state index contributed by atoms with van der Waals surface area (Å²) in [5.41, 5.74) is 3.59. The van der Waals surface area contributed by atoms with Crippen LogP contribution in [0, 0.1) is 0 Å². The van der Waals surface area contributed by atoms with Crippen molar-refractivity contribution >= 4 is 11.6 Å². The van der Waals surface area contributed by atoms with Crippen molar-refractivity contribution in [3.63, 3.8) is 0 Å². The summed E-state index contributed by atoms with van der Waals surface area (Å²) in [7, 11) is 3.19. The Morgan fingerprint density at radius 3 is 2.46 bits per heavy atom. The molecule has 0 aliphatic carbocycles. The van der Waals surface area contributed by atoms with Crippen LogP contribution in [0.5, 0.6) is 11.5 Å². The SMILES string of the molecule is CCc1[nH]nc(-c2cccc(OC)c2)c1NC(=O)c1cccc(OC)c1. The van der Waals surface area contributed by atoms with Crippen LogP contribution < -0.4 is 14.8 Å². The number of hydrogen-bond acceptors (Lipinski definition) is 4. The van der Waals surface area contributed by atoms with Crippen LogP contribution in [0.2, 0.25) is 0 Å². The number of aryl methyl sites for hydroxylation is 1. The van der Waals surface area contributed by atoms with Crippen molar-refractivity contribution in [2.75, 3.05) is 19.5 Å². The molecule has 0 saturated carbocycles. The fraction of sp³-hybridized carbons (Fsp3) is 0.200. The van der Waals surface area contributed by atoms with Gasteiger partial charge in [0.15, 0.2) is 0 Å². The molecule has 0 fully saturated rings.